The summed E-state index contributed by atoms with van der Waals surface area (Å²) >= 11 is 0. The lowest BCUT2D eigenvalue weighted by molar-refractivity contribution is 0.669. The minimum atomic E-state index is 0.895. The van der Waals surface area contributed by atoms with E-state index in [1.807, 2.05) is 12.1 Å². The molecule has 0 fully saturated rings. The molecule has 0 aliphatic heterocycles. The van der Waals surface area contributed by atoms with E-state index in [0.29, 0.717) is 0 Å². The Balaban J connectivity index is 1.21. The first-order chi connectivity index (χ1) is 22.8. The fraction of sp³-hybridized carbons (Fsp3) is 0. The van der Waals surface area contributed by atoms with Gasteiger partial charge in [0.25, 0.3) is 0 Å². The Bertz CT molecular complexity index is 2530. The quantitative estimate of drug-likeness (QED) is 0.186. The Kier molecular flexibility index (Phi) is 6.17. The molecule has 9 aromatic rings. The number of anilines is 3. The number of hydrogen-bond donors (Lipinski definition) is 0. The SMILES string of the molecule is c1ccc(N(c2ccc(-c3cccc4c3ccc3ccccc34)cc2)c2ccccc2-c2cccc3oc4ccccc4c23)cc1. The van der Waals surface area contributed by atoms with Crippen molar-refractivity contribution in [3.8, 4) is 22.3 Å². The van der Waals surface area contributed by atoms with Crippen LogP contribution in [-0.4, -0.2) is 0 Å². The third-order valence-corrected chi connectivity index (χ3v) is 9.08. The molecule has 9 rings (SSSR count). The van der Waals surface area contributed by atoms with E-state index >= 15 is 0 Å². The van der Waals surface area contributed by atoms with E-state index in [4.69, 9.17) is 4.42 Å². The molecule has 0 unspecified atom stereocenters. The summed E-state index contributed by atoms with van der Waals surface area (Å²) in [4.78, 5) is 2.36. The molecule has 8 aromatic carbocycles. The Hall–Kier alpha value is -6.12. The second-order valence-electron chi connectivity index (χ2n) is 11.7. The van der Waals surface area contributed by atoms with Crippen molar-refractivity contribution >= 4 is 60.5 Å². The van der Waals surface area contributed by atoms with Gasteiger partial charge < -0.3 is 9.32 Å². The monoisotopic (exact) mass is 587 g/mol. The van der Waals surface area contributed by atoms with Crippen molar-refractivity contribution in [3.63, 3.8) is 0 Å². The fourth-order valence-electron chi connectivity index (χ4n) is 6.98. The second-order valence-corrected chi connectivity index (χ2v) is 11.7. The lowest BCUT2D eigenvalue weighted by atomic mass is 9.94. The maximum Gasteiger partial charge on any atom is 0.136 e. The fourth-order valence-corrected chi connectivity index (χ4v) is 6.98. The van der Waals surface area contributed by atoms with E-state index in [9.17, 15) is 0 Å². The van der Waals surface area contributed by atoms with Crippen LogP contribution in [-0.2, 0) is 0 Å². The van der Waals surface area contributed by atoms with Gasteiger partial charge in [-0.3, -0.25) is 0 Å². The molecule has 0 bridgehead atoms. The maximum absolute atomic E-state index is 6.28. The first kappa shape index (κ1) is 26.3. The van der Waals surface area contributed by atoms with Crippen molar-refractivity contribution in [1.29, 1.82) is 0 Å². The van der Waals surface area contributed by atoms with Gasteiger partial charge in [-0.25, -0.2) is 0 Å². The highest BCUT2D eigenvalue weighted by atomic mass is 16.3. The number of benzene rings is 8. The third kappa shape index (κ3) is 4.27. The topological polar surface area (TPSA) is 16.4 Å². The van der Waals surface area contributed by atoms with Gasteiger partial charge in [-0.2, -0.15) is 0 Å². The van der Waals surface area contributed by atoms with Crippen molar-refractivity contribution < 1.29 is 4.42 Å². The number of fused-ring (bicyclic) bond motifs is 6. The third-order valence-electron chi connectivity index (χ3n) is 9.08. The van der Waals surface area contributed by atoms with Crippen molar-refractivity contribution in [2.45, 2.75) is 0 Å². The summed E-state index contributed by atoms with van der Waals surface area (Å²) in [6.07, 6.45) is 0. The van der Waals surface area contributed by atoms with Crippen LogP contribution >= 0.6 is 0 Å². The Labute approximate surface area is 267 Å². The number of nitrogens with zero attached hydrogens (tertiary/aromatic N) is 1. The molecule has 1 aromatic heterocycles. The van der Waals surface area contributed by atoms with Gasteiger partial charge in [0, 0.05) is 27.7 Å². The largest absolute Gasteiger partial charge is 0.456 e. The van der Waals surface area contributed by atoms with E-state index in [0.717, 1.165) is 50.1 Å². The van der Waals surface area contributed by atoms with Gasteiger partial charge in [-0.1, -0.05) is 133 Å². The first-order valence-electron chi connectivity index (χ1n) is 15.7. The average Bonchev–Trinajstić information content (AvgIpc) is 3.52. The minimum absolute atomic E-state index is 0.895. The molecule has 0 aliphatic carbocycles. The molecule has 0 radical (unpaired) electrons. The predicted octanol–water partition coefficient (Wildman–Crippen LogP) is 12.7. The molecule has 0 spiro atoms. The van der Waals surface area contributed by atoms with Crippen molar-refractivity contribution in [1.82, 2.24) is 0 Å². The number of furan rings is 1. The summed E-state index contributed by atoms with van der Waals surface area (Å²) < 4.78 is 6.28. The molecule has 2 heteroatoms. The van der Waals surface area contributed by atoms with Gasteiger partial charge in [0.1, 0.15) is 11.2 Å². The summed E-state index contributed by atoms with van der Waals surface area (Å²) in [6.45, 7) is 0. The lowest BCUT2D eigenvalue weighted by Gasteiger charge is -2.28. The van der Waals surface area contributed by atoms with Crippen molar-refractivity contribution in [2.75, 3.05) is 4.90 Å². The zero-order chi connectivity index (χ0) is 30.5. The van der Waals surface area contributed by atoms with Gasteiger partial charge in [-0.15, -0.1) is 0 Å². The summed E-state index contributed by atoms with van der Waals surface area (Å²) in [5.74, 6) is 0. The van der Waals surface area contributed by atoms with Crippen molar-refractivity contribution in [2.24, 2.45) is 0 Å². The summed E-state index contributed by atoms with van der Waals surface area (Å²) in [5, 5.41) is 7.35. The van der Waals surface area contributed by atoms with E-state index in [1.165, 1.54) is 32.7 Å². The smallest absolute Gasteiger partial charge is 0.136 e. The van der Waals surface area contributed by atoms with Crippen molar-refractivity contribution in [3.05, 3.63) is 176 Å². The normalized spacial score (nSPS) is 11.5. The Morgan fingerprint density at radius 2 is 0.978 bits per heavy atom. The molecule has 46 heavy (non-hydrogen) atoms. The van der Waals surface area contributed by atoms with Crippen LogP contribution in [0.3, 0.4) is 0 Å². The van der Waals surface area contributed by atoms with Crippen LogP contribution < -0.4 is 4.90 Å². The molecular weight excluding hydrogens is 558 g/mol. The zero-order valence-corrected chi connectivity index (χ0v) is 25.1. The standard InChI is InChI=1S/C44H29NO/c1-2-13-32(14-3-1)45(41-21-8-6-16-38(41)39-20-11-23-43-44(39)40-17-7-9-22-42(40)46-43)33-27-24-31(25-28-33)35-18-10-19-36-34-15-5-4-12-30(34)26-29-37(35)36/h1-29H. The second kappa shape index (κ2) is 10.8. The maximum atomic E-state index is 6.28. The van der Waals surface area contributed by atoms with Gasteiger partial charge in [0.05, 0.1) is 5.69 Å². The highest BCUT2D eigenvalue weighted by Gasteiger charge is 2.20. The van der Waals surface area contributed by atoms with Crippen LogP contribution in [0.5, 0.6) is 0 Å². The summed E-state index contributed by atoms with van der Waals surface area (Å²) in [6, 6.07) is 62.7. The number of para-hydroxylation sites is 3. The van der Waals surface area contributed by atoms with Crippen LogP contribution in [0.2, 0.25) is 0 Å². The van der Waals surface area contributed by atoms with Crippen LogP contribution in [0, 0.1) is 0 Å². The molecule has 0 atom stereocenters. The number of rotatable bonds is 5. The van der Waals surface area contributed by atoms with Crippen LogP contribution in [0.1, 0.15) is 0 Å². The molecule has 0 saturated heterocycles. The highest BCUT2D eigenvalue weighted by Crippen LogP contribution is 2.45. The van der Waals surface area contributed by atoms with E-state index in [2.05, 4.69) is 169 Å². The van der Waals surface area contributed by atoms with Gasteiger partial charge in [0.2, 0.25) is 0 Å². The van der Waals surface area contributed by atoms with E-state index in [1.54, 1.807) is 0 Å². The van der Waals surface area contributed by atoms with Gasteiger partial charge >= 0.3 is 0 Å². The molecule has 0 aliphatic rings. The van der Waals surface area contributed by atoms with Crippen LogP contribution in [0.25, 0.3) is 65.7 Å². The van der Waals surface area contributed by atoms with E-state index in [-0.39, 0.29) is 0 Å². The van der Waals surface area contributed by atoms with Gasteiger partial charge in [-0.05, 0) is 80.7 Å². The minimum Gasteiger partial charge on any atom is -0.456 e. The first-order valence-corrected chi connectivity index (χ1v) is 15.7. The molecule has 0 saturated carbocycles. The lowest BCUT2D eigenvalue weighted by Crippen LogP contribution is -2.11. The Morgan fingerprint density at radius 1 is 0.348 bits per heavy atom. The highest BCUT2D eigenvalue weighted by molar-refractivity contribution is 6.14. The molecular formula is C44H29NO. The Morgan fingerprint density at radius 3 is 1.87 bits per heavy atom. The van der Waals surface area contributed by atoms with Crippen LogP contribution in [0.15, 0.2) is 180 Å². The predicted molar refractivity (Wildman–Crippen MR) is 194 cm³/mol. The average molecular weight is 588 g/mol. The molecule has 1 heterocycles. The van der Waals surface area contributed by atoms with Gasteiger partial charge in [0.15, 0.2) is 0 Å². The molecule has 0 amide bonds. The molecule has 2 nitrogen and oxygen atoms in total. The number of hydrogen-bond acceptors (Lipinski definition) is 2. The zero-order valence-electron chi connectivity index (χ0n) is 25.1. The summed E-state index contributed by atoms with van der Waals surface area (Å²) in [7, 11) is 0. The van der Waals surface area contributed by atoms with E-state index < -0.39 is 0 Å². The summed E-state index contributed by atoms with van der Waals surface area (Å²) in [5.41, 5.74) is 9.83. The molecule has 216 valence electrons. The molecule has 0 N–H and O–H groups in total. The van der Waals surface area contributed by atoms with Crippen LogP contribution in [0.4, 0.5) is 17.1 Å².